The van der Waals surface area contributed by atoms with Crippen LogP contribution in [-0.4, -0.2) is 53.6 Å². The lowest BCUT2D eigenvalue weighted by Crippen LogP contribution is -2.36. The van der Waals surface area contributed by atoms with Gasteiger partial charge in [-0.3, -0.25) is 9.59 Å². The second-order valence-corrected chi connectivity index (χ2v) is 6.40. The Morgan fingerprint density at radius 2 is 2.04 bits per heavy atom. The molecule has 0 atom stereocenters. The van der Waals surface area contributed by atoms with Gasteiger partial charge in [-0.25, -0.2) is 4.99 Å². The van der Waals surface area contributed by atoms with Crippen LogP contribution in [0.4, 0.5) is 0 Å². The number of morpholine rings is 1. The molecule has 0 aliphatic carbocycles. The van der Waals surface area contributed by atoms with E-state index in [-0.39, 0.29) is 36.6 Å². The minimum absolute atomic E-state index is 0.0299. The zero-order chi connectivity index (χ0) is 17.8. The molecule has 0 bridgehead atoms. The van der Waals surface area contributed by atoms with Gasteiger partial charge in [0.1, 0.15) is 17.4 Å². The van der Waals surface area contributed by atoms with Crippen LogP contribution < -0.4 is 0 Å². The maximum absolute atomic E-state index is 12.4. The fourth-order valence-corrected chi connectivity index (χ4v) is 3.05. The van der Waals surface area contributed by atoms with Crippen LogP contribution in [0.1, 0.15) is 24.0 Å². The Bertz CT molecular complexity index is 746. The van der Waals surface area contributed by atoms with Gasteiger partial charge < -0.3 is 14.7 Å². The molecule has 1 N–H and O–H groups in total. The molecule has 1 aromatic rings. The highest BCUT2D eigenvalue weighted by Crippen LogP contribution is 2.23. The molecule has 2 aliphatic rings. The van der Waals surface area contributed by atoms with Gasteiger partial charge in [0.25, 0.3) is 0 Å². The van der Waals surface area contributed by atoms with E-state index in [0.717, 1.165) is 5.56 Å². The van der Waals surface area contributed by atoms with Gasteiger partial charge in [-0.1, -0.05) is 18.2 Å². The van der Waals surface area contributed by atoms with Crippen molar-refractivity contribution in [3.8, 4) is 5.75 Å². The first-order chi connectivity index (χ1) is 12.0. The molecular formula is C19H22N2O4. The van der Waals surface area contributed by atoms with Crippen molar-refractivity contribution in [2.45, 2.75) is 26.2 Å². The standard InChI is InChI=1S/C19H22N2O4/c1-13-3-2-4-14(19(13)24)9-16(22)10-15-11-17(23)12-18(20-15)21-5-7-25-8-6-21/h2-4,12,24H,5-11H2,1H3. The third-order valence-electron chi connectivity index (χ3n) is 4.39. The Labute approximate surface area is 146 Å². The maximum Gasteiger partial charge on any atom is 0.164 e. The zero-order valence-electron chi connectivity index (χ0n) is 14.3. The summed E-state index contributed by atoms with van der Waals surface area (Å²) in [4.78, 5) is 30.9. The summed E-state index contributed by atoms with van der Waals surface area (Å²) >= 11 is 0. The molecule has 1 aromatic carbocycles. The molecule has 0 aromatic heterocycles. The second kappa shape index (κ2) is 7.61. The van der Waals surface area contributed by atoms with Gasteiger partial charge in [-0.2, -0.15) is 0 Å². The fraction of sp³-hybridized carbons (Fsp3) is 0.421. The van der Waals surface area contributed by atoms with Crippen molar-refractivity contribution < 1.29 is 19.4 Å². The molecule has 6 nitrogen and oxygen atoms in total. The fourth-order valence-electron chi connectivity index (χ4n) is 3.05. The van der Waals surface area contributed by atoms with Crippen LogP contribution in [0.2, 0.25) is 0 Å². The van der Waals surface area contributed by atoms with Crippen molar-refractivity contribution >= 4 is 17.3 Å². The largest absolute Gasteiger partial charge is 0.507 e. The molecule has 2 heterocycles. The molecule has 132 valence electrons. The number of Topliss-reactive ketones (excluding diaryl/α,β-unsaturated/α-hetero) is 1. The van der Waals surface area contributed by atoms with Crippen molar-refractivity contribution in [3.63, 3.8) is 0 Å². The van der Waals surface area contributed by atoms with E-state index in [1.807, 2.05) is 11.0 Å². The normalized spacial score (nSPS) is 18.0. The number of hydrogen-bond donors (Lipinski definition) is 1. The van der Waals surface area contributed by atoms with Crippen molar-refractivity contribution in [2.24, 2.45) is 4.99 Å². The first kappa shape index (κ1) is 17.4. The third kappa shape index (κ3) is 4.33. The Morgan fingerprint density at radius 1 is 1.28 bits per heavy atom. The number of ether oxygens (including phenoxy) is 1. The average Bonchev–Trinajstić information content (AvgIpc) is 2.59. The average molecular weight is 342 g/mol. The Morgan fingerprint density at radius 3 is 2.80 bits per heavy atom. The molecule has 3 rings (SSSR count). The Balaban J connectivity index is 1.67. The molecule has 1 saturated heterocycles. The smallest absolute Gasteiger partial charge is 0.164 e. The van der Waals surface area contributed by atoms with Gasteiger partial charge in [-0.05, 0) is 12.5 Å². The van der Waals surface area contributed by atoms with Crippen molar-refractivity contribution in [3.05, 3.63) is 41.2 Å². The number of ketones is 2. The van der Waals surface area contributed by atoms with E-state index in [4.69, 9.17) is 4.74 Å². The summed E-state index contributed by atoms with van der Waals surface area (Å²) in [5, 5.41) is 10.0. The summed E-state index contributed by atoms with van der Waals surface area (Å²) in [5.74, 6) is 0.695. The first-order valence-corrected chi connectivity index (χ1v) is 8.46. The number of aromatic hydroxyl groups is 1. The number of hydrogen-bond acceptors (Lipinski definition) is 6. The number of nitrogens with zero attached hydrogens (tertiary/aromatic N) is 2. The minimum Gasteiger partial charge on any atom is -0.507 e. The van der Waals surface area contributed by atoms with E-state index < -0.39 is 0 Å². The highest BCUT2D eigenvalue weighted by Gasteiger charge is 2.22. The summed E-state index contributed by atoms with van der Waals surface area (Å²) in [6.07, 6.45) is 1.99. The lowest BCUT2D eigenvalue weighted by Gasteiger charge is -2.30. The highest BCUT2D eigenvalue weighted by molar-refractivity contribution is 6.14. The molecule has 2 aliphatic heterocycles. The maximum atomic E-state index is 12.4. The number of rotatable bonds is 5. The number of aryl methyl sites for hydroxylation is 1. The van der Waals surface area contributed by atoms with E-state index in [1.54, 1.807) is 25.1 Å². The number of benzene rings is 1. The van der Waals surface area contributed by atoms with Gasteiger partial charge in [-0.15, -0.1) is 0 Å². The number of carbonyl (C=O) groups is 2. The van der Waals surface area contributed by atoms with Crippen LogP contribution in [0.5, 0.6) is 5.75 Å². The van der Waals surface area contributed by atoms with Gasteiger partial charge in [0.05, 0.1) is 13.2 Å². The van der Waals surface area contributed by atoms with Crippen LogP contribution in [0.25, 0.3) is 0 Å². The molecular weight excluding hydrogens is 320 g/mol. The summed E-state index contributed by atoms with van der Waals surface area (Å²) < 4.78 is 5.32. The second-order valence-electron chi connectivity index (χ2n) is 6.40. The van der Waals surface area contributed by atoms with Crippen LogP contribution >= 0.6 is 0 Å². The molecule has 0 amide bonds. The lowest BCUT2D eigenvalue weighted by molar-refractivity contribution is -0.117. The first-order valence-electron chi connectivity index (χ1n) is 8.46. The number of para-hydroxylation sites is 1. The summed E-state index contributed by atoms with van der Waals surface area (Å²) in [6, 6.07) is 5.36. The van der Waals surface area contributed by atoms with E-state index in [0.29, 0.717) is 43.4 Å². The van der Waals surface area contributed by atoms with Crippen LogP contribution in [-0.2, 0) is 20.7 Å². The molecule has 25 heavy (non-hydrogen) atoms. The molecule has 0 spiro atoms. The van der Waals surface area contributed by atoms with Crippen LogP contribution in [0, 0.1) is 6.92 Å². The number of allylic oxidation sites excluding steroid dienone is 1. The van der Waals surface area contributed by atoms with Crippen LogP contribution in [0.3, 0.4) is 0 Å². The van der Waals surface area contributed by atoms with Gasteiger partial charge in [0.2, 0.25) is 0 Å². The van der Waals surface area contributed by atoms with Gasteiger partial charge >= 0.3 is 0 Å². The number of carbonyl (C=O) groups excluding carboxylic acids is 2. The Hall–Kier alpha value is -2.47. The van der Waals surface area contributed by atoms with Crippen molar-refractivity contribution in [1.82, 2.24) is 4.90 Å². The molecule has 0 radical (unpaired) electrons. The quantitative estimate of drug-likeness (QED) is 0.882. The van der Waals surface area contributed by atoms with Crippen molar-refractivity contribution in [2.75, 3.05) is 26.3 Å². The molecule has 6 heteroatoms. The Kier molecular flexibility index (Phi) is 5.28. The molecule has 0 unspecified atom stereocenters. The SMILES string of the molecule is Cc1cccc(CC(=O)CC2=NC(N3CCOCC3)=CC(=O)C2)c1O. The minimum atomic E-state index is -0.0596. The third-order valence-corrected chi connectivity index (χ3v) is 4.39. The van der Waals surface area contributed by atoms with E-state index in [2.05, 4.69) is 4.99 Å². The highest BCUT2D eigenvalue weighted by atomic mass is 16.5. The molecule has 1 fully saturated rings. The van der Waals surface area contributed by atoms with Crippen molar-refractivity contribution in [1.29, 1.82) is 0 Å². The van der Waals surface area contributed by atoms with Crippen LogP contribution in [0.15, 0.2) is 35.1 Å². The number of phenolic OH excluding ortho intramolecular Hbond substituents is 1. The zero-order valence-corrected chi connectivity index (χ0v) is 14.3. The monoisotopic (exact) mass is 342 g/mol. The lowest BCUT2D eigenvalue weighted by atomic mass is 9.99. The van der Waals surface area contributed by atoms with Gasteiger partial charge in [0.15, 0.2) is 5.78 Å². The number of phenols is 1. The summed E-state index contributed by atoms with van der Waals surface area (Å²) in [5.41, 5.74) is 1.94. The van der Waals surface area contributed by atoms with E-state index in [1.165, 1.54) is 0 Å². The van der Waals surface area contributed by atoms with E-state index in [9.17, 15) is 14.7 Å². The summed E-state index contributed by atoms with van der Waals surface area (Å²) in [6.45, 7) is 4.42. The summed E-state index contributed by atoms with van der Waals surface area (Å²) in [7, 11) is 0. The predicted molar refractivity (Wildman–Crippen MR) is 93.7 cm³/mol. The topological polar surface area (TPSA) is 79.2 Å². The molecule has 0 saturated carbocycles. The van der Waals surface area contributed by atoms with Gasteiger partial charge in [0, 0.05) is 49.7 Å². The van der Waals surface area contributed by atoms with E-state index >= 15 is 0 Å². The predicted octanol–water partition coefficient (Wildman–Crippen LogP) is 1.79. The number of aliphatic imine (C=N–C) groups is 1.